The Kier molecular flexibility index (Phi) is 8.74. The highest BCUT2D eigenvalue weighted by molar-refractivity contribution is 7.98. The number of carbonyl (C=O) groups excluding carboxylic acids is 1. The SMILES string of the molecule is CCc1ccccc1NC(=O)NCc1nnc(SCc2cccc(OC)c2)n1-c1cc(Cl)ccc1Cl. The fraction of sp³-hybridized carbons (Fsp3) is 0.192. The smallest absolute Gasteiger partial charge is 0.319 e. The monoisotopic (exact) mass is 541 g/mol. The summed E-state index contributed by atoms with van der Waals surface area (Å²) < 4.78 is 7.14. The van der Waals surface area contributed by atoms with E-state index in [1.807, 2.05) is 60.0 Å². The second kappa shape index (κ2) is 12.2. The van der Waals surface area contributed by atoms with Crippen molar-refractivity contribution in [2.75, 3.05) is 12.4 Å². The molecule has 7 nitrogen and oxygen atoms in total. The average Bonchev–Trinajstić information content (AvgIpc) is 3.30. The zero-order chi connectivity index (χ0) is 25.5. The minimum absolute atomic E-state index is 0.135. The minimum Gasteiger partial charge on any atom is -0.497 e. The van der Waals surface area contributed by atoms with Gasteiger partial charge >= 0.3 is 6.03 Å². The van der Waals surface area contributed by atoms with Gasteiger partial charge in [0.2, 0.25) is 0 Å². The molecule has 0 spiro atoms. The highest BCUT2D eigenvalue weighted by Gasteiger charge is 2.18. The normalized spacial score (nSPS) is 10.8. The van der Waals surface area contributed by atoms with E-state index in [0.717, 1.165) is 29.0 Å². The number of anilines is 1. The molecular weight excluding hydrogens is 517 g/mol. The third-order valence-corrected chi connectivity index (χ3v) is 6.96. The van der Waals surface area contributed by atoms with E-state index < -0.39 is 0 Å². The van der Waals surface area contributed by atoms with Crippen molar-refractivity contribution in [1.29, 1.82) is 0 Å². The van der Waals surface area contributed by atoms with Crippen LogP contribution in [0.3, 0.4) is 0 Å². The summed E-state index contributed by atoms with van der Waals surface area (Å²) in [5.74, 6) is 1.94. The Labute approximate surface area is 224 Å². The fourth-order valence-electron chi connectivity index (χ4n) is 3.59. The van der Waals surface area contributed by atoms with Gasteiger partial charge in [-0.25, -0.2) is 4.79 Å². The standard InChI is InChI=1S/C26H25Cl2N5O2S/c1-3-18-8-4-5-10-22(18)30-25(34)29-15-24-31-32-26(33(24)23-14-19(27)11-12-21(23)28)36-16-17-7-6-9-20(13-17)35-2/h4-14H,3,15-16H2,1-2H3,(H2,29,30,34). The number of carbonyl (C=O) groups is 1. The van der Waals surface area contributed by atoms with Crippen LogP contribution in [0.2, 0.25) is 10.0 Å². The average molecular weight is 542 g/mol. The van der Waals surface area contributed by atoms with Crippen LogP contribution in [0.1, 0.15) is 23.9 Å². The van der Waals surface area contributed by atoms with Crippen LogP contribution in [0, 0.1) is 0 Å². The molecule has 36 heavy (non-hydrogen) atoms. The van der Waals surface area contributed by atoms with Gasteiger partial charge in [0.25, 0.3) is 0 Å². The molecule has 0 aliphatic heterocycles. The molecule has 3 aromatic carbocycles. The van der Waals surface area contributed by atoms with Crippen LogP contribution in [0.4, 0.5) is 10.5 Å². The number of nitrogens with one attached hydrogen (secondary N) is 2. The second-order valence-electron chi connectivity index (χ2n) is 7.79. The molecule has 0 fully saturated rings. The van der Waals surface area contributed by atoms with Crippen molar-refractivity contribution < 1.29 is 9.53 Å². The molecule has 186 valence electrons. The number of aromatic nitrogens is 3. The van der Waals surface area contributed by atoms with Gasteiger partial charge in [-0.05, 0) is 53.9 Å². The first kappa shape index (κ1) is 25.9. The number of methoxy groups -OCH3 is 1. The molecule has 0 aliphatic rings. The number of hydrogen-bond donors (Lipinski definition) is 2. The number of urea groups is 1. The van der Waals surface area contributed by atoms with E-state index in [9.17, 15) is 4.79 Å². The van der Waals surface area contributed by atoms with E-state index >= 15 is 0 Å². The largest absolute Gasteiger partial charge is 0.497 e. The first-order chi connectivity index (χ1) is 17.5. The van der Waals surface area contributed by atoms with Crippen molar-refractivity contribution in [2.24, 2.45) is 0 Å². The number of aryl methyl sites for hydroxylation is 1. The summed E-state index contributed by atoms with van der Waals surface area (Å²) in [5, 5.41) is 16.1. The Hall–Kier alpha value is -3.20. The Morgan fingerprint density at radius 2 is 1.89 bits per heavy atom. The van der Waals surface area contributed by atoms with Crippen molar-refractivity contribution in [3.8, 4) is 11.4 Å². The van der Waals surface area contributed by atoms with Crippen LogP contribution in [-0.4, -0.2) is 27.9 Å². The van der Waals surface area contributed by atoms with Crippen molar-refractivity contribution in [1.82, 2.24) is 20.1 Å². The Morgan fingerprint density at radius 3 is 2.69 bits per heavy atom. The first-order valence-corrected chi connectivity index (χ1v) is 13.0. The Morgan fingerprint density at radius 1 is 1.06 bits per heavy atom. The summed E-state index contributed by atoms with van der Waals surface area (Å²) in [4.78, 5) is 12.7. The van der Waals surface area contributed by atoms with Gasteiger partial charge in [0, 0.05) is 16.5 Å². The third-order valence-electron chi connectivity index (χ3n) is 5.41. The number of halogens is 2. The summed E-state index contributed by atoms with van der Waals surface area (Å²) in [6.07, 6.45) is 0.811. The van der Waals surface area contributed by atoms with Crippen LogP contribution in [0.5, 0.6) is 5.75 Å². The molecule has 2 amide bonds. The second-order valence-corrected chi connectivity index (χ2v) is 9.57. The molecule has 0 radical (unpaired) electrons. The summed E-state index contributed by atoms with van der Waals surface area (Å²) >= 11 is 14.3. The van der Waals surface area contributed by atoms with E-state index in [1.165, 1.54) is 11.8 Å². The zero-order valence-electron chi connectivity index (χ0n) is 19.8. The molecule has 0 saturated carbocycles. The lowest BCUT2D eigenvalue weighted by molar-refractivity contribution is 0.251. The highest BCUT2D eigenvalue weighted by Crippen LogP contribution is 2.31. The lowest BCUT2D eigenvalue weighted by atomic mass is 10.1. The first-order valence-electron chi connectivity index (χ1n) is 11.3. The zero-order valence-corrected chi connectivity index (χ0v) is 22.1. The number of thioether (sulfide) groups is 1. The van der Waals surface area contributed by atoms with Gasteiger partial charge < -0.3 is 15.4 Å². The maximum atomic E-state index is 12.7. The predicted octanol–water partition coefficient (Wildman–Crippen LogP) is 6.76. The van der Waals surface area contributed by atoms with E-state index in [1.54, 1.807) is 25.3 Å². The van der Waals surface area contributed by atoms with Gasteiger partial charge in [-0.1, -0.05) is 72.2 Å². The molecule has 4 rings (SSSR count). The van der Waals surface area contributed by atoms with Crippen LogP contribution >= 0.6 is 35.0 Å². The molecule has 1 heterocycles. The molecule has 2 N–H and O–H groups in total. The summed E-state index contributed by atoms with van der Waals surface area (Å²) in [6.45, 7) is 2.18. The molecule has 1 aromatic heterocycles. The Balaban J connectivity index is 1.56. The van der Waals surface area contributed by atoms with Crippen molar-refractivity contribution in [3.63, 3.8) is 0 Å². The van der Waals surface area contributed by atoms with Gasteiger partial charge in [0.05, 0.1) is 24.4 Å². The number of ether oxygens (including phenoxy) is 1. The van der Waals surface area contributed by atoms with Gasteiger partial charge in [0.1, 0.15) is 5.75 Å². The number of benzene rings is 3. The maximum Gasteiger partial charge on any atom is 0.319 e. The van der Waals surface area contributed by atoms with E-state index in [2.05, 4.69) is 20.8 Å². The molecule has 4 aromatic rings. The molecular formula is C26H25Cl2N5O2S. The van der Waals surface area contributed by atoms with Crippen LogP contribution in [0.25, 0.3) is 5.69 Å². The van der Waals surface area contributed by atoms with Crippen molar-refractivity contribution in [3.05, 3.63) is 93.7 Å². The highest BCUT2D eigenvalue weighted by atomic mass is 35.5. The molecule has 0 saturated heterocycles. The van der Waals surface area contributed by atoms with Crippen molar-refractivity contribution >= 4 is 46.7 Å². The number of amides is 2. The Bertz CT molecular complexity index is 1360. The quantitative estimate of drug-likeness (QED) is 0.229. The van der Waals surface area contributed by atoms with E-state index in [-0.39, 0.29) is 12.6 Å². The van der Waals surface area contributed by atoms with Gasteiger partial charge in [-0.2, -0.15) is 0 Å². The van der Waals surface area contributed by atoms with Gasteiger partial charge in [-0.3, -0.25) is 4.57 Å². The molecule has 0 bridgehead atoms. The maximum absolute atomic E-state index is 12.7. The lowest BCUT2D eigenvalue weighted by Gasteiger charge is -2.14. The van der Waals surface area contributed by atoms with Gasteiger partial charge in [-0.15, -0.1) is 10.2 Å². The number of hydrogen-bond acceptors (Lipinski definition) is 5. The van der Waals surface area contributed by atoms with Crippen LogP contribution in [0.15, 0.2) is 71.9 Å². The topological polar surface area (TPSA) is 81.1 Å². The minimum atomic E-state index is -0.340. The molecule has 0 aliphatic carbocycles. The summed E-state index contributed by atoms with van der Waals surface area (Å²) in [6, 6.07) is 20.4. The van der Waals surface area contributed by atoms with E-state index in [4.69, 9.17) is 27.9 Å². The number of nitrogens with zero attached hydrogens (tertiary/aromatic N) is 3. The summed E-state index contributed by atoms with van der Waals surface area (Å²) in [7, 11) is 1.64. The number of para-hydroxylation sites is 1. The van der Waals surface area contributed by atoms with Crippen LogP contribution in [-0.2, 0) is 18.7 Å². The predicted molar refractivity (Wildman–Crippen MR) is 146 cm³/mol. The summed E-state index contributed by atoms with van der Waals surface area (Å²) in [5.41, 5.74) is 3.53. The molecule has 0 unspecified atom stereocenters. The van der Waals surface area contributed by atoms with Crippen molar-refractivity contribution in [2.45, 2.75) is 30.8 Å². The molecule has 10 heteroatoms. The van der Waals surface area contributed by atoms with E-state index in [0.29, 0.717) is 32.5 Å². The third kappa shape index (κ3) is 6.32. The molecule has 0 atom stereocenters. The lowest BCUT2D eigenvalue weighted by Crippen LogP contribution is -2.29. The number of rotatable bonds is 9. The van der Waals surface area contributed by atoms with Gasteiger partial charge in [0.15, 0.2) is 11.0 Å². The fourth-order valence-corrected chi connectivity index (χ4v) is 4.87. The van der Waals surface area contributed by atoms with Crippen LogP contribution < -0.4 is 15.4 Å².